The Balaban J connectivity index is 3.12. The molecule has 0 saturated carbocycles. The summed E-state index contributed by atoms with van der Waals surface area (Å²) < 4.78 is 5.07. The van der Waals surface area contributed by atoms with E-state index in [1.54, 1.807) is 13.2 Å². The predicted molar refractivity (Wildman–Crippen MR) is 59.8 cm³/mol. The lowest BCUT2D eigenvalue weighted by molar-refractivity contribution is 0.413. The van der Waals surface area contributed by atoms with Crippen molar-refractivity contribution >= 4 is 11.6 Å². The van der Waals surface area contributed by atoms with Crippen LogP contribution in [-0.4, -0.2) is 7.11 Å². The third-order valence-electron chi connectivity index (χ3n) is 2.53. The second-order valence-electron chi connectivity index (χ2n) is 3.62. The first-order valence-electron chi connectivity index (χ1n) is 4.64. The minimum absolute atomic E-state index is 0.372. The van der Waals surface area contributed by atoms with Gasteiger partial charge in [0.15, 0.2) is 0 Å². The molecule has 14 heavy (non-hydrogen) atoms. The lowest BCUT2D eigenvalue weighted by atomic mass is 9.90. The predicted octanol–water partition coefficient (Wildman–Crippen LogP) is 2.93. The van der Waals surface area contributed by atoms with Crippen LogP contribution in [0.3, 0.4) is 0 Å². The van der Waals surface area contributed by atoms with E-state index in [2.05, 4.69) is 0 Å². The van der Waals surface area contributed by atoms with E-state index in [4.69, 9.17) is 22.1 Å². The van der Waals surface area contributed by atoms with Gasteiger partial charge in [0, 0.05) is 10.6 Å². The van der Waals surface area contributed by atoms with Crippen molar-refractivity contribution in [3.05, 3.63) is 28.8 Å². The molecule has 0 heterocycles. The van der Waals surface area contributed by atoms with Crippen molar-refractivity contribution in [1.82, 2.24) is 0 Å². The van der Waals surface area contributed by atoms with E-state index >= 15 is 0 Å². The monoisotopic (exact) mass is 213 g/mol. The summed E-state index contributed by atoms with van der Waals surface area (Å²) in [4.78, 5) is 0. The fraction of sp³-hybridized carbons (Fsp3) is 0.455. The van der Waals surface area contributed by atoms with E-state index in [9.17, 15) is 0 Å². The number of rotatable bonds is 3. The maximum atomic E-state index is 6.11. The van der Waals surface area contributed by atoms with E-state index in [0.29, 0.717) is 5.02 Å². The molecule has 1 atom stereocenters. The van der Waals surface area contributed by atoms with Crippen molar-refractivity contribution in [2.24, 2.45) is 5.73 Å². The summed E-state index contributed by atoms with van der Waals surface area (Å²) in [5, 5.41) is 0.663. The van der Waals surface area contributed by atoms with Crippen LogP contribution in [0.2, 0.25) is 5.02 Å². The number of halogens is 1. The standard InChI is InChI=1S/C11H16ClNO/c1-4-11(2,13)9-6-5-8(14-3)7-10(9)12/h5-7H,4,13H2,1-3H3. The van der Waals surface area contributed by atoms with E-state index in [0.717, 1.165) is 17.7 Å². The molecule has 1 aromatic carbocycles. The second-order valence-corrected chi connectivity index (χ2v) is 4.02. The Labute approximate surface area is 90.0 Å². The quantitative estimate of drug-likeness (QED) is 0.838. The van der Waals surface area contributed by atoms with Crippen LogP contribution < -0.4 is 10.5 Å². The average molecular weight is 214 g/mol. The number of methoxy groups -OCH3 is 1. The van der Waals surface area contributed by atoms with Gasteiger partial charge in [-0.2, -0.15) is 0 Å². The third-order valence-corrected chi connectivity index (χ3v) is 2.84. The zero-order valence-electron chi connectivity index (χ0n) is 8.80. The molecule has 1 aromatic rings. The van der Waals surface area contributed by atoms with E-state index < -0.39 is 0 Å². The zero-order valence-corrected chi connectivity index (χ0v) is 9.56. The molecule has 1 rings (SSSR count). The van der Waals surface area contributed by atoms with Gasteiger partial charge in [0.2, 0.25) is 0 Å². The van der Waals surface area contributed by atoms with Crippen molar-refractivity contribution in [3.8, 4) is 5.75 Å². The summed E-state index contributed by atoms with van der Waals surface area (Å²) in [5.41, 5.74) is 6.69. The summed E-state index contributed by atoms with van der Waals surface area (Å²) >= 11 is 6.11. The molecule has 0 fully saturated rings. The zero-order chi connectivity index (χ0) is 10.8. The Hall–Kier alpha value is -0.730. The lowest BCUT2D eigenvalue weighted by Crippen LogP contribution is -2.32. The summed E-state index contributed by atoms with van der Waals surface area (Å²) in [6.07, 6.45) is 0.846. The van der Waals surface area contributed by atoms with Gasteiger partial charge in [-0.05, 0) is 31.0 Å². The Kier molecular flexibility index (Phi) is 3.40. The van der Waals surface area contributed by atoms with Gasteiger partial charge in [0.1, 0.15) is 5.75 Å². The summed E-state index contributed by atoms with van der Waals surface area (Å²) in [7, 11) is 1.62. The Morgan fingerprint density at radius 3 is 2.57 bits per heavy atom. The lowest BCUT2D eigenvalue weighted by Gasteiger charge is -2.24. The average Bonchev–Trinajstić information content (AvgIpc) is 2.17. The molecule has 0 aliphatic rings. The highest BCUT2D eigenvalue weighted by Crippen LogP contribution is 2.31. The molecule has 0 bridgehead atoms. The Bertz CT molecular complexity index is 323. The molecule has 78 valence electrons. The topological polar surface area (TPSA) is 35.2 Å². The van der Waals surface area contributed by atoms with Gasteiger partial charge in [-0.1, -0.05) is 24.6 Å². The summed E-state index contributed by atoms with van der Waals surface area (Å²) in [5.74, 6) is 0.755. The highest BCUT2D eigenvalue weighted by Gasteiger charge is 2.21. The number of nitrogens with two attached hydrogens (primary N) is 1. The highest BCUT2D eigenvalue weighted by atomic mass is 35.5. The molecule has 1 unspecified atom stereocenters. The fourth-order valence-electron chi connectivity index (χ4n) is 1.28. The van der Waals surface area contributed by atoms with Crippen molar-refractivity contribution in [3.63, 3.8) is 0 Å². The van der Waals surface area contributed by atoms with Gasteiger partial charge in [-0.3, -0.25) is 0 Å². The number of ether oxygens (including phenoxy) is 1. The molecule has 0 radical (unpaired) electrons. The maximum absolute atomic E-state index is 6.11. The van der Waals surface area contributed by atoms with Crippen molar-refractivity contribution < 1.29 is 4.74 Å². The van der Waals surface area contributed by atoms with E-state index in [1.807, 2.05) is 26.0 Å². The third kappa shape index (κ3) is 2.20. The van der Waals surface area contributed by atoms with Crippen LogP contribution in [0.25, 0.3) is 0 Å². The molecule has 0 amide bonds. The normalized spacial score (nSPS) is 14.9. The van der Waals surface area contributed by atoms with Gasteiger partial charge in [0.05, 0.1) is 7.11 Å². The SMILES string of the molecule is CCC(C)(N)c1ccc(OC)cc1Cl. The maximum Gasteiger partial charge on any atom is 0.120 e. The second kappa shape index (κ2) is 4.20. The van der Waals surface area contributed by atoms with Crippen LogP contribution >= 0.6 is 11.6 Å². The van der Waals surface area contributed by atoms with Crippen LogP contribution in [-0.2, 0) is 5.54 Å². The number of hydrogen-bond donors (Lipinski definition) is 1. The number of benzene rings is 1. The largest absolute Gasteiger partial charge is 0.497 e. The smallest absolute Gasteiger partial charge is 0.120 e. The first kappa shape index (κ1) is 11.3. The van der Waals surface area contributed by atoms with E-state index in [1.165, 1.54) is 0 Å². The molecular formula is C11H16ClNO. The fourth-order valence-corrected chi connectivity index (χ4v) is 1.66. The van der Waals surface area contributed by atoms with Gasteiger partial charge >= 0.3 is 0 Å². The van der Waals surface area contributed by atoms with Crippen LogP contribution in [0.4, 0.5) is 0 Å². The van der Waals surface area contributed by atoms with Gasteiger partial charge in [-0.25, -0.2) is 0 Å². The first-order valence-corrected chi connectivity index (χ1v) is 5.02. The van der Waals surface area contributed by atoms with Crippen LogP contribution in [0, 0.1) is 0 Å². The summed E-state index contributed by atoms with van der Waals surface area (Å²) in [6, 6.07) is 5.59. The van der Waals surface area contributed by atoms with Crippen molar-refractivity contribution in [2.75, 3.05) is 7.11 Å². The van der Waals surface area contributed by atoms with Gasteiger partial charge in [-0.15, -0.1) is 0 Å². The molecule has 0 aromatic heterocycles. The van der Waals surface area contributed by atoms with Crippen molar-refractivity contribution in [2.45, 2.75) is 25.8 Å². The molecule has 2 N–H and O–H groups in total. The minimum Gasteiger partial charge on any atom is -0.497 e. The van der Waals surface area contributed by atoms with Crippen LogP contribution in [0.5, 0.6) is 5.75 Å². The summed E-state index contributed by atoms with van der Waals surface area (Å²) in [6.45, 7) is 4.02. The van der Waals surface area contributed by atoms with Crippen molar-refractivity contribution in [1.29, 1.82) is 0 Å². The first-order chi connectivity index (χ1) is 6.51. The Morgan fingerprint density at radius 2 is 2.14 bits per heavy atom. The Morgan fingerprint density at radius 1 is 1.50 bits per heavy atom. The van der Waals surface area contributed by atoms with Crippen LogP contribution in [0.15, 0.2) is 18.2 Å². The molecule has 0 saturated heterocycles. The van der Waals surface area contributed by atoms with Gasteiger partial charge < -0.3 is 10.5 Å². The van der Waals surface area contributed by atoms with Gasteiger partial charge in [0.25, 0.3) is 0 Å². The molecule has 0 aliphatic heterocycles. The number of hydrogen-bond acceptors (Lipinski definition) is 2. The minimum atomic E-state index is -0.372. The molecule has 0 spiro atoms. The molecular weight excluding hydrogens is 198 g/mol. The molecule has 0 aliphatic carbocycles. The highest BCUT2D eigenvalue weighted by molar-refractivity contribution is 6.31. The van der Waals surface area contributed by atoms with E-state index in [-0.39, 0.29) is 5.54 Å². The molecule has 3 heteroatoms. The van der Waals surface area contributed by atoms with Crippen LogP contribution in [0.1, 0.15) is 25.8 Å². The molecule has 2 nitrogen and oxygen atoms in total.